The van der Waals surface area contributed by atoms with Crippen LogP contribution in [0.4, 0.5) is 0 Å². The molecule has 1 unspecified atom stereocenters. The molecule has 2 saturated heterocycles. The van der Waals surface area contributed by atoms with Crippen molar-refractivity contribution in [2.24, 2.45) is 11.8 Å². The fourth-order valence-electron chi connectivity index (χ4n) is 3.32. The van der Waals surface area contributed by atoms with Gasteiger partial charge in [0.25, 0.3) is 0 Å². The summed E-state index contributed by atoms with van der Waals surface area (Å²) >= 11 is 0. The summed E-state index contributed by atoms with van der Waals surface area (Å²) in [6, 6.07) is 0. The third-order valence-corrected chi connectivity index (χ3v) is 4.72. The molecular formula is C14H27NO. The van der Waals surface area contributed by atoms with E-state index >= 15 is 0 Å². The number of ether oxygens (including phenoxy) is 1. The van der Waals surface area contributed by atoms with Crippen LogP contribution in [0.15, 0.2) is 0 Å². The maximum atomic E-state index is 5.43. The van der Waals surface area contributed by atoms with E-state index in [1.807, 2.05) is 0 Å². The van der Waals surface area contributed by atoms with Gasteiger partial charge in [-0.05, 0) is 56.9 Å². The second-order valence-corrected chi connectivity index (χ2v) is 5.94. The molecule has 1 atom stereocenters. The number of rotatable bonds is 4. The fourth-order valence-corrected chi connectivity index (χ4v) is 3.32. The molecule has 2 aliphatic rings. The topological polar surface area (TPSA) is 21.3 Å². The lowest BCUT2D eigenvalue weighted by Crippen LogP contribution is -2.45. The Morgan fingerprint density at radius 2 is 2.06 bits per heavy atom. The molecule has 2 heteroatoms. The van der Waals surface area contributed by atoms with Gasteiger partial charge >= 0.3 is 0 Å². The molecule has 0 aromatic heterocycles. The summed E-state index contributed by atoms with van der Waals surface area (Å²) in [6.07, 6.45) is 8.09. The first kappa shape index (κ1) is 12.4. The zero-order valence-corrected chi connectivity index (χ0v) is 10.9. The van der Waals surface area contributed by atoms with Gasteiger partial charge in [0.05, 0.1) is 0 Å². The molecule has 0 radical (unpaired) electrons. The molecule has 0 spiro atoms. The van der Waals surface area contributed by atoms with Gasteiger partial charge in [0.15, 0.2) is 0 Å². The van der Waals surface area contributed by atoms with E-state index in [0.29, 0.717) is 5.54 Å². The van der Waals surface area contributed by atoms with Gasteiger partial charge in [-0.25, -0.2) is 0 Å². The molecule has 2 rings (SSSR count). The first-order valence-corrected chi connectivity index (χ1v) is 7.06. The largest absolute Gasteiger partial charge is 0.381 e. The van der Waals surface area contributed by atoms with Crippen LogP contribution in [0.5, 0.6) is 0 Å². The Morgan fingerprint density at radius 3 is 2.62 bits per heavy atom. The van der Waals surface area contributed by atoms with Crippen molar-refractivity contribution < 1.29 is 4.74 Å². The van der Waals surface area contributed by atoms with Crippen LogP contribution in [0.3, 0.4) is 0 Å². The first-order valence-electron chi connectivity index (χ1n) is 7.06. The molecule has 0 aromatic carbocycles. The summed E-state index contributed by atoms with van der Waals surface area (Å²) in [5, 5.41) is 3.78. The summed E-state index contributed by atoms with van der Waals surface area (Å²) in [7, 11) is 0. The molecule has 0 aliphatic carbocycles. The zero-order valence-electron chi connectivity index (χ0n) is 10.9. The Kier molecular flexibility index (Phi) is 4.26. The Balaban J connectivity index is 1.81. The van der Waals surface area contributed by atoms with Crippen LogP contribution in [-0.4, -0.2) is 25.3 Å². The minimum absolute atomic E-state index is 0.457. The van der Waals surface area contributed by atoms with E-state index in [0.717, 1.165) is 25.0 Å². The first-order chi connectivity index (χ1) is 7.73. The Labute approximate surface area is 100 Å². The molecular weight excluding hydrogens is 198 g/mol. The number of nitrogens with one attached hydrogen (secondary N) is 1. The van der Waals surface area contributed by atoms with Crippen molar-refractivity contribution in [2.75, 3.05) is 19.8 Å². The van der Waals surface area contributed by atoms with Crippen LogP contribution in [0.2, 0.25) is 0 Å². The van der Waals surface area contributed by atoms with E-state index in [9.17, 15) is 0 Å². The lowest BCUT2D eigenvalue weighted by molar-refractivity contribution is 0.0591. The van der Waals surface area contributed by atoms with Gasteiger partial charge in [0, 0.05) is 18.8 Å². The van der Waals surface area contributed by atoms with Crippen LogP contribution in [0.25, 0.3) is 0 Å². The van der Waals surface area contributed by atoms with Gasteiger partial charge < -0.3 is 10.1 Å². The van der Waals surface area contributed by atoms with E-state index in [1.54, 1.807) is 0 Å². The highest BCUT2D eigenvalue weighted by atomic mass is 16.5. The molecule has 0 amide bonds. The van der Waals surface area contributed by atoms with E-state index in [-0.39, 0.29) is 0 Å². The molecule has 16 heavy (non-hydrogen) atoms. The maximum absolute atomic E-state index is 5.43. The normalized spacial score (nSPS) is 32.4. The molecule has 2 heterocycles. The highest BCUT2D eigenvalue weighted by Gasteiger charge is 2.36. The number of hydrogen-bond acceptors (Lipinski definition) is 2. The van der Waals surface area contributed by atoms with Gasteiger partial charge in [-0.3, -0.25) is 0 Å². The van der Waals surface area contributed by atoms with Crippen molar-refractivity contribution >= 4 is 0 Å². The Morgan fingerprint density at radius 1 is 1.31 bits per heavy atom. The van der Waals surface area contributed by atoms with Crippen LogP contribution in [-0.2, 0) is 4.74 Å². The predicted octanol–water partition coefficient (Wildman–Crippen LogP) is 2.97. The number of hydrogen-bond donors (Lipinski definition) is 1. The monoisotopic (exact) mass is 225 g/mol. The van der Waals surface area contributed by atoms with Crippen LogP contribution < -0.4 is 5.32 Å². The fraction of sp³-hybridized carbons (Fsp3) is 1.00. The van der Waals surface area contributed by atoms with Crippen molar-refractivity contribution in [3.8, 4) is 0 Å². The molecule has 2 nitrogen and oxygen atoms in total. The molecule has 0 aromatic rings. The van der Waals surface area contributed by atoms with E-state index < -0.39 is 0 Å². The Bertz CT molecular complexity index is 203. The summed E-state index contributed by atoms with van der Waals surface area (Å²) in [4.78, 5) is 0. The molecule has 0 bridgehead atoms. The summed E-state index contributed by atoms with van der Waals surface area (Å²) in [5.41, 5.74) is 0.457. The lowest BCUT2D eigenvalue weighted by atomic mass is 9.78. The SMILES string of the molecule is CC(C)C1(CCC2CCOCC2)CCCN1. The summed E-state index contributed by atoms with van der Waals surface area (Å²) in [6.45, 7) is 7.97. The summed E-state index contributed by atoms with van der Waals surface area (Å²) < 4.78 is 5.43. The highest BCUT2D eigenvalue weighted by Crippen LogP contribution is 2.34. The van der Waals surface area contributed by atoms with E-state index in [4.69, 9.17) is 4.74 Å². The lowest BCUT2D eigenvalue weighted by Gasteiger charge is -2.36. The minimum atomic E-state index is 0.457. The zero-order chi connectivity index (χ0) is 11.4. The second kappa shape index (κ2) is 5.50. The second-order valence-electron chi connectivity index (χ2n) is 5.94. The Hall–Kier alpha value is -0.0800. The highest BCUT2D eigenvalue weighted by molar-refractivity contribution is 4.95. The maximum Gasteiger partial charge on any atom is 0.0468 e. The van der Waals surface area contributed by atoms with Gasteiger partial charge in [-0.15, -0.1) is 0 Å². The molecule has 0 saturated carbocycles. The third kappa shape index (κ3) is 2.78. The molecule has 2 fully saturated rings. The van der Waals surface area contributed by atoms with Gasteiger partial charge in [-0.1, -0.05) is 13.8 Å². The predicted molar refractivity (Wildman–Crippen MR) is 67.6 cm³/mol. The molecule has 94 valence electrons. The van der Waals surface area contributed by atoms with Crippen LogP contribution >= 0.6 is 0 Å². The van der Waals surface area contributed by atoms with Crippen molar-refractivity contribution in [1.29, 1.82) is 0 Å². The quantitative estimate of drug-likeness (QED) is 0.794. The van der Waals surface area contributed by atoms with Crippen LogP contribution in [0.1, 0.15) is 52.4 Å². The van der Waals surface area contributed by atoms with Crippen molar-refractivity contribution in [2.45, 2.75) is 57.9 Å². The van der Waals surface area contributed by atoms with Crippen LogP contribution in [0, 0.1) is 11.8 Å². The van der Waals surface area contributed by atoms with Gasteiger partial charge in [-0.2, -0.15) is 0 Å². The minimum Gasteiger partial charge on any atom is -0.381 e. The molecule has 2 aliphatic heterocycles. The smallest absolute Gasteiger partial charge is 0.0468 e. The standard InChI is InChI=1S/C14H27NO/c1-12(2)14(7-3-9-15-14)8-4-13-5-10-16-11-6-13/h12-13,15H,3-11H2,1-2H3. The van der Waals surface area contributed by atoms with Gasteiger partial charge in [0.1, 0.15) is 0 Å². The van der Waals surface area contributed by atoms with Crippen molar-refractivity contribution in [3.05, 3.63) is 0 Å². The van der Waals surface area contributed by atoms with E-state index in [1.165, 1.54) is 45.1 Å². The molecule has 1 N–H and O–H groups in total. The van der Waals surface area contributed by atoms with E-state index in [2.05, 4.69) is 19.2 Å². The third-order valence-electron chi connectivity index (χ3n) is 4.72. The van der Waals surface area contributed by atoms with Crippen molar-refractivity contribution in [1.82, 2.24) is 5.32 Å². The summed E-state index contributed by atoms with van der Waals surface area (Å²) in [5.74, 6) is 1.70. The van der Waals surface area contributed by atoms with Crippen molar-refractivity contribution in [3.63, 3.8) is 0 Å². The average Bonchev–Trinajstić information content (AvgIpc) is 2.78. The average molecular weight is 225 g/mol. The van der Waals surface area contributed by atoms with Gasteiger partial charge in [0.2, 0.25) is 0 Å².